The molecule has 1 atom stereocenters. The van der Waals surface area contributed by atoms with Gasteiger partial charge in [0.25, 0.3) is 0 Å². The first kappa shape index (κ1) is 9.27. The summed E-state index contributed by atoms with van der Waals surface area (Å²) in [6, 6.07) is 3.64. The number of carbonyl (C=O) groups is 1. The topological polar surface area (TPSA) is 54.3 Å². The normalized spacial score (nSPS) is 18.6. The molecule has 0 saturated carbocycles. The predicted octanol–water partition coefficient (Wildman–Crippen LogP) is 0.676. The maximum absolute atomic E-state index is 11.5. The van der Waals surface area contributed by atoms with Gasteiger partial charge in [0.1, 0.15) is 5.76 Å². The quantitative estimate of drug-likeness (QED) is 0.743. The second kappa shape index (κ2) is 3.84. The van der Waals surface area contributed by atoms with Crippen LogP contribution in [0.1, 0.15) is 18.7 Å². The van der Waals surface area contributed by atoms with Gasteiger partial charge in [0.05, 0.1) is 18.2 Å². The van der Waals surface area contributed by atoms with E-state index in [1.807, 2.05) is 19.1 Å². The largest absolute Gasteiger partial charge is 0.467 e. The van der Waals surface area contributed by atoms with Crippen molar-refractivity contribution in [3.05, 3.63) is 24.2 Å². The van der Waals surface area contributed by atoms with Gasteiger partial charge in [-0.2, -0.15) is 0 Å². The summed E-state index contributed by atoms with van der Waals surface area (Å²) in [7, 11) is 0. The van der Waals surface area contributed by atoms with E-state index >= 15 is 0 Å². The van der Waals surface area contributed by atoms with Crippen molar-refractivity contribution in [2.75, 3.05) is 13.1 Å². The van der Waals surface area contributed by atoms with E-state index in [0.29, 0.717) is 0 Å². The zero-order valence-electron chi connectivity index (χ0n) is 8.12. The fourth-order valence-corrected chi connectivity index (χ4v) is 1.41. The van der Waals surface area contributed by atoms with Crippen LogP contribution in [0.25, 0.3) is 0 Å². The summed E-state index contributed by atoms with van der Waals surface area (Å²) in [5.74, 6) is 1.03. The Morgan fingerprint density at radius 2 is 2.50 bits per heavy atom. The fourth-order valence-electron chi connectivity index (χ4n) is 1.41. The second-order valence-corrected chi connectivity index (χ2v) is 3.60. The molecule has 0 radical (unpaired) electrons. The van der Waals surface area contributed by atoms with Crippen molar-refractivity contribution >= 4 is 5.91 Å². The van der Waals surface area contributed by atoms with Gasteiger partial charge in [-0.25, -0.2) is 0 Å². The molecule has 2 rings (SSSR count). The summed E-state index contributed by atoms with van der Waals surface area (Å²) in [5.41, 5.74) is 0. The number of carbonyl (C=O) groups excluding carboxylic acids is 1. The summed E-state index contributed by atoms with van der Waals surface area (Å²) in [5, 5.41) is 5.98. The number of furan rings is 1. The summed E-state index contributed by atoms with van der Waals surface area (Å²) in [6.07, 6.45) is 1.61. The lowest BCUT2D eigenvalue weighted by Crippen LogP contribution is -2.51. The molecule has 0 aromatic carbocycles. The summed E-state index contributed by atoms with van der Waals surface area (Å²) in [6.45, 7) is 3.50. The number of hydrogen-bond acceptors (Lipinski definition) is 3. The van der Waals surface area contributed by atoms with Crippen molar-refractivity contribution in [2.24, 2.45) is 5.92 Å². The average molecular weight is 194 g/mol. The van der Waals surface area contributed by atoms with E-state index in [2.05, 4.69) is 10.6 Å². The molecule has 0 spiro atoms. The van der Waals surface area contributed by atoms with Gasteiger partial charge >= 0.3 is 0 Å². The zero-order chi connectivity index (χ0) is 9.97. The second-order valence-electron chi connectivity index (χ2n) is 3.60. The van der Waals surface area contributed by atoms with Crippen LogP contribution >= 0.6 is 0 Å². The highest BCUT2D eigenvalue weighted by Crippen LogP contribution is 2.13. The summed E-state index contributed by atoms with van der Waals surface area (Å²) in [4.78, 5) is 11.5. The minimum atomic E-state index is -0.0434. The minimum Gasteiger partial charge on any atom is -0.467 e. The monoisotopic (exact) mass is 194 g/mol. The van der Waals surface area contributed by atoms with Crippen LogP contribution < -0.4 is 10.6 Å². The van der Waals surface area contributed by atoms with E-state index in [4.69, 9.17) is 4.42 Å². The molecule has 0 bridgehead atoms. The van der Waals surface area contributed by atoms with E-state index < -0.39 is 0 Å². The van der Waals surface area contributed by atoms with Gasteiger partial charge in [-0.05, 0) is 19.1 Å². The molecule has 0 aliphatic carbocycles. The van der Waals surface area contributed by atoms with Crippen molar-refractivity contribution in [1.29, 1.82) is 0 Å². The lowest BCUT2D eigenvalue weighted by Gasteiger charge is -2.27. The molecule has 2 N–H and O–H groups in total. The predicted molar refractivity (Wildman–Crippen MR) is 51.6 cm³/mol. The van der Waals surface area contributed by atoms with Crippen molar-refractivity contribution in [3.8, 4) is 0 Å². The Labute approximate surface area is 82.7 Å². The highest BCUT2D eigenvalue weighted by molar-refractivity contribution is 5.80. The third-order valence-corrected chi connectivity index (χ3v) is 2.48. The molecule has 4 heteroatoms. The van der Waals surface area contributed by atoms with Crippen LogP contribution in [0, 0.1) is 5.92 Å². The van der Waals surface area contributed by atoms with Gasteiger partial charge in [0, 0.05) is 13.1 Å². The van der Waals surface area contributed by atoms with Crippen molar-refractivity contribution in [2.45, 2.75) is 13.0 Å². The Hall–Kier alpha value is -1.29. The molecule has 1 aliphatic rings. The van der Waals surface area contributed by atoms with E-state index in [0.717, 1.165) is 18.8 Å². The van der Waals surface area contributed by atoms with E-state index in [9.17, 15) is 4.79 Å². The standard InChI is InChI=1S/C10H14N2O2/c1-7(9-3-2-4-14-9)12-10(13)8-5-11-6-8/h2-4,7-8,11H,5-6H2,1H3,(H,12,13)/t7-/m1/s1. The maximum Gasteiger partial charge on any atom is 0.226 e. The lowest BCUT2D eigenvalue weighted by molar-refractivity contribution is -0.127. The molecule has 0 unspecified atom stereocenters. The number of amides is 1. The van der Waals surface area contributed by atoms with Crippen molar-refractivity contribution in [1.82, 2.24) is 10.6 Å². The van der Waals surface area contributed by atoms with Gasteiger partial charge in [-0.1, -0.05) is 0 Å². The highest BCUT2D eigenvalue weighted by atomic mass is 16.3. The molecule has 1 aliphatic heterocycles. The Morgan fingerprint density at radius 3 is 3.00 bits per heavy atom. The smallest absolute Gasteiger partial charge is 0.226 e. The molecule has 14 heavy (non-hydrogen) atoms. The molecule has 2 heterocycles. The fraction of sp³-hybridized carbons (Fsp3) is 0.500. The van der Waals surface area contributed by atoms with Crippen LogP contribution in [0.15, 0.2) is 22.8 Å². The average Bonchev–Trinajstić information content (AvgIpc) is 2.51. The molecular formula is C10H14N2O2. The Kier molecular flexibility index (Phi) is 2.54. The summed E-state index contributed by atoms with van der Waals surface area (Å²) >= 11 is 0. The van der Waals surface area contributed by atoms with Crippen LogP contribution in [0.2, 0.25) is 0 Å². The molecular weight excluding hydrogens is 180 g/mol. The maximum atomic E-state index is 11.5. The molecule has 1 saturated heterocycles. The Morgan fingerprint density at radius 1 is 1.71 bits per heavy atom. The van der Waals surface area contributed by atoms with Crippen LogP contribution in [0.5, 0.6) is 0 Å². The molecule has 1 fully saturated rings. The molecule has 76 valence electrons. The van der Waals surface area contributed by atoms with E-state index in [1.165, 1.54) is 0 Å². The van der Waals surface area contributed by atoms with Gasteiger partial charge in [-0.15, -0.1) is 0 Å². The van der Waals surface area contributed by atoms with E-state index in [-0.39, 0.29) is 17.9 Å². The SMILES string of the molecule is C[C@@H](NC(=O)C1CNC1)c1ccco1. The van der Waals surface area contributed by atoms with Gasteiger partial charge in [-0.3, -0.25) is 4.79 Å². The first-order valence-corrected chi connectivity index (χ1v) is 4.82. The van der Waals surface area contributed by atoms with Crippen molar-refractivity contribution < 1.29 is 9.21 Å². The first-order chi connectivity index (χ1) is 6.77. The summed E-state index contributed by atoms with van der Waals surface area (Å²) < 4.78 is 5.20. The minimum absolute atomic E-state index is 0.0434. The van der Waals surface area contributed by atoms with Crippen LogP contribution in [0.4, 0.5) is 0 Å². The Balaban J connectivity index is 1.87. The van der Waals surface area contributed by atoms with Crippen molar-refractivity contribution in [3.63, 3.8) is 0 Å². The van der Waals surface area contributed by atoms with Crippen LogP contribution in [0.3, 0.4) is 0 Å². The number of nitrogens with one attached hydrogen (secondary N) is 2. The molecule has 1 aromatic heterocycles. The van der Waals surface area contributed by atoms with Gasteiger partial charge in [0.15, 0.2) is 0 Å². The number of hydrogen-bond donors (Lipinski definition) is 2. The van der Waals surface area contributed by atoms with Gasteiger partial charge in [0.2, 0.25) is 5.91 Å². The Bertz CT molecular complexity index is 304. The van der Waals surface area contributed by atoms with Crippen LogP contribution in [-0.4, -0.2) is 19.0 Å². The third-order valence-electron chi connectivity index (χ3n) is 2.48. The third kappa shape index (κ3) is 1.80. The van der Waals surface area contributed by atoms with E-state index in [1.54, 1.807) is 6.26 Å². The molecule has 4 nitrogen and oxygen atoms in total. The lowest BCUT2D eigenvalue weighted by atomic mass is 10.0. The van der Waals surface area contributed by atoms with Gasteiger partial charge < -0.3 is 15.1 Å². The first-order valence-electron chi connectivity index (χ1n) is 4.82. The highest BCUT2D eigenvalue weighted by Gasteiger charge is 2.26. The number of rotatable bonds is 3. The molecule has 1 aromatic rings. The van der Waals surface area contributed by atoms with Crippen LogP contribution in [-0.2, 0) is 4.79 Å². The molecule has 1 amide bonds. The zero-order valence-corrected chi connectivity index (χ0v) is 8.12.